The molecule has 0 amide bonds. The highest BCUT2D eigenvalue weighted by molar-refractivity contribution is 8.20. The summed E-state index contributed by atoms with van der Waals surface area (Å²) < 4.78 is 13.2. The quantitative estimate of drug-likeness (QED) is 0.131. The zero-order chi connectivity index (χ0) is 34.7. The van der Waals surface area contributed by atoms with Crippen molar-refractivity contribution in [3.05, 3.63) is 174 Å². The standard InChI is InChI=1S/C40H32O6S4/c41-36(27-16-6-1-7-17-27)47-26-32-33(48-37(42)28-18-8-2-9-19-28)34(49-38(43)29-20-10-3-11-21-29)35(50-39(44)30-22-12-4-13-23-30)40(46-32)45-31-24-14-5-15-25-31/h1-25,32-35,40H,26H2/t32-,33-,34-,35-,40+/m1/s1. The van der Waals surface area contributed by atoms with E-state index in [2.05, 4.69) is 0 Å². The van der Waals surface area contributed by atoms with E-state index in [0.717, 1.165) is 47.0 Å². The highest BCUT2D eigenvalue weighted by Crippen LogP contribution is 2.46. The van der Waals surface area contributed by atoms with Crippen molar-refractivity contribution >= 4 is 67.5 Å². The van der Waals surface area contributed by atoms with Gasteiger partial charge in [0.1, 0.15) is 5.75 Å². The van der Waals surface area contributed by atoms with E-state index in [0.29, 0.717) is 28.0 Å². The van der Waals surface area contributed by atoms with E-state index in [1.54, 1.807) is 109 Å². The number of rotatable bonds is 11. The normalized spacial score (nSPS) is 20.0. The summed E-state index contributed by atoms with van der Waals surface area (Å²) >= 11 is 4.27. The summed E-state index contributed by atoms with van der Waals surface area (Å²) in [6.45, 7) is 0. The van der Waals surface area contributed by atoms with Crippen LogP contribution in [0.2, 0.25) is 0 Å². The molecule has 5 aromatic rings. The molecule has 10 heteroatoms. The Bertz CT molecular complexity index is 1880. The maximum Gasteiger partial charge on any atom is 0.219 e. The summed E-state index contributed by atoms with van der Waals surface area (Å²) in [6, 6.07) is 44.8. The molecule has 1 heterocycles. The summed E-state index contributed by atoms with van der Waals surface area (Å²) in [5, 5.41) is -2.81. The number of carbonyl (C=O) groups excluding carboxylic acids is 4. The van der Waals surface area contributed by atoms with Crippen LogP contribution in [0.15, 0.2) is 152 Å². The van der Waals surface area contributed by atoms with Gasteiger partial charge in [0.2, 0.25) is 26.8 Å². The average molecular weight is 737 g/mol. The molecule has 5 aromatic carbocycles. The smallest absolute Gasteiger partial charge is 0.219 e. The molecule has 0 aliphatic carbocycles. The van der Waals surface area contributed by atoms with Gasteiger partial charge in [-0.1, -0.05) is 187 Å². The summed E-state index contributed by atoms with van der Waals surface area (Å²) in [5.74, 6) is 0.703. The molecular weight excluding hydrogens is 705 g/mol. The fourth-order valence-electron chi connectivity index (χ4n) is 5.26. The SMILES string of the molecule is O=C(SC[C@H]1O[C@H](Oc2ccccc2)[C@H](SC(=O)c2ccccc2)[C@H](SC(=O)c2ccccc2)[C@@H]1SC(=O)c1ccccc1)c1ccccc1. The van der Waals surface area contributed by atoms with Crippen LogP contribution in [0, 0.1) is 0 Å². The van der Waals surface area contributed by atoms with E-state index in [-0.39, 0.29) is 26.2 Å². The fraction of sp³-hybridized carbons (Fsp3) is 0.150. The van der Waals surface area contributed by atoms with Crippen molar-refractivity contribution in [2.75, 3.05) is 5.75 Å². The first kappa shape index (κ1) is 35.8. The van der Waals surface area contributed by atoms with Gasteiger partial charge in [-0.2, -0.15) is 0 Å². The maximum absolute atomic E-state index is 14.0. The van der Waals surface area contributed by atoms with Crippen LogP contribution >= 0.6 is 47.0 Å². The Morgan fingerprint density at radius 2 is 0.820 bits per heavy atom. The third-order valence-corrected chi connectivity index (χ3v) is 12.9. The number of hydrogen-bond acceptors (Lipinski definition) is 10. The Balaban J connectivity index is 1.41. The van der Waals surface area contributed by atoms with E-state index in [1.165, 1.54) is 0 Å². The summed E-state index contributed by atoms with van der Waals surface area (Å²) in [6.07, 6.45) is -1.72. The first-order chi connectivity index (χ1) is 24.5. The molecule has 0 bridgehead atoms. The van der Waals surface area contributed by atoms with Gasteiger partial charge in [0, 0.05) is 33.3 Å². The lowest BCUT2D eigenvalue weighted by molar-refractivity contribution is -0.130. The Hall–Kier alpha value is -4.06. The minimum Gasteiger partial charge on any atom is -0.464 e. The maximum atomic E-state index is 14.0. The second-order valence-corrected chi connectivity index (χ2v) is 15.6. The highest BCUT2D eigenvalue weighted by atomic mass is 32.2. The molecule has 6 nitrogen and oxygen atoms in total. The van der Waals surface area contributed by atoms with Crippen molar-refractivity contribution in [3.8, 4) is 5.75 Å². The topological polar surface area (TPSA) is 86.7 Å². The lowest BCUT2D eigenvalue weighted by Gasteiger charge is -2.45. The lowest BCUT2D eigenvalue weighted by Crippen LogP contribution is -2.57. The van der Waals surface area contributed by atoms with Gasteiger partial charge in [0.25, 0.3) is 0 Å². The zero-order valence-corrected chi connectivity index (χ0v) is 29.9. The number of hydrogen-bond donors (Lipinski definition) is 0. The first-order valence-electron chi connectivity index (χ1n) is 15.8. The molecule has 50 heavy (non-hydrogen) atoms. The first-order valence-corrected chi connectivity index (χ1v) is 19.5. The minimum absolute atomic E-state index is 0.145. The van der Waals surface area contributed by atoms with Crippen LogP contribution in [0.25, 0.3) is 0 Å². The molecule has 0 N–H and O–H groups in total. The molecule has 1 saturated heterocycles. The molecule has 6 rings (SSSR count). The van der Waals surface area contributed by atoms with E-state index < -0.39 is 28.1 Å². The second-order valence-electron chi connectivity index (χ2n) is 11.1. The van der Waals surface area contributed by atoms with Gasteiger partial charge < -0.3 is 9.47 Å². The van der Waals surface area contributed by atoms with Crippen molar-refractivity contribution < 1.29 is 28.7 Å². The third-order valence-electron chi connectivity index (χ3n) is 7.73. The van der Waals surface area contributed by atoms with Crippen LogP contribution in [0.4, 0.5) is 0 Å². The molecule has 0 saturated carbocycles. The third kappa shape index (κ3) is 9.38. The fourth-order valence-corrected chi connectivity index (χ4v) is 10.3. The number of ether oxygens (including phenoxy) is 2. The second kappa shape index (κ2) is 17.7. The molecule has 0 aromatic heterocycles. The van der Waals surface area contributed by atoms with Gasteiger partial charge >= 0.3 is 0 Å². The van der Waals surface area contributed by atoms with Gasteiger partial charge in [-0.05, 0) is 12.1 Å². The van der Waals surface area contributed by atoms with E-state index in [9.17, 15) is 19.2 Å². The predicted octanol–water partition coefficient (Wildman–Crippen LogP) is 9.19. The van der Waals surface area contributed by atoms with Crippen molar-refractivity contribution in [1.82, 2.24) is 0 Å². The van der Waals surface area contributed by atoms with Gasteiger partial charge in [-0.15, -0.1) is 0 Å². The number of carbonyl (C=O) groups is 4. The van der Waals surface area contributed by atoms with Crippen molar-refractivity contribution in [1.29, 1.82) is 0 Å². The summed E-state index contributed by atoms with van der Waals surface area (Å²) in [5.41, 5.74) is 2.02. The Kier molecular flexibility index (Phi) is 12.7. The zero-order valence-electron chi connectivity index (χ0n) is 26.6. The average Bonchev–Trinajstić information content (AvgIpc) is 3.17. The van der Waals surface area contributed by atoms with Gasteiger partial charge in [0.05, 0.1) is 16.6 Å². The Morgan fingerprint density at radius 3 is 1.26 bits per heavy atom. The molecule has 0 unspecified atom stereocenters. The van der Waals surface area contributed by atoms with Crippen LogP contribution < -0.4 is 4.74 Å². The summed E-state index contributed by atoms with van der Waals surface area (Å²) in [4.78, 5) is 55.0. The van der Waals surface area contributed by atoms with Crippen LogP contribution in [0.1, 0.15) is 41.4 Å². The number of benzene rings is 5. The van der Waals surface area contributed by atoms with Crippen LogP contribution in [0.5, 0.6) is 5.75 Å². The number of thioether (sulfide) groups is 4. The lowest BCUT2D eigenvalue weighted by atomic mass is 10.1. The number of para-hydroxylation sites is 1. The van der Waals surface area contributed by atoms with Crippen molar-refractivity contribution in [2.45, 2.75) is 28.1 Å². The minimum atomic E-state index is -1.00. The van der Waals surface area contributed by atoms with Crippen molar-refractivity contribution in [3.63, 3.8) is 0 Å². The van der Waals surface area contributed by atoms with Gasteiger partial charge in [0.15, 0.2) is 0 Å². The van der Waals surface area contributed by atoms with Crippen LogP contribution in [0.3, 0.4) is 0 Å². The molecule has 1 aliphatic heterocycles. The highest BCUT2D eigenvalue weighted by Gasteiger charge is 2.51. The molecule has 0 spiro atoms. The Labute approximate surface area is 308 Å². The molecule has 1 aliphatic rings. The predicted molar refractivity (Wildman–Crippen MR) is 205 cm³/mol. The van der Waals surface area contributed by atoms with E-state index in [1.807, 2.05) is 42.5 Å². The monoisotopic (exact) mass is 736 g/mol. The van der Waals surface area contributed by atoms with Crippen LogP contribution in [-0.4, -0.2) is 54.4 Å². The molecular formula is C40H32O6S4. The molecule has 1 fully saturated rings. The Morgan fingerprint density at radius 1 is 0.460 bits per heavy atom. The van der Waals surface area contributed by atoms with E-state index >= 15 is 0 Å². The van der Waals surface area contributed by atoms with Gasteiger partial charge in [-0.25, -0.2) is 0 Å². The summed E-state index contributed by atoms with van der Waals surface area (Å²) in [7, 11) is 0. The van der Waals surface area contributed by atoms with Crippen LogP contribution in [-0.2, 0) is 4.74 Å². The molecule has 5 atom stereocenters. The van der Waals surface area contributed by atoms with E-state index in [4.69, 9.17) is 9.47 Å². The van der Waals surface area contributed by atoms with Gasteiger partial charge in [-0.3, -0.25) is 19.2 Å². The largest absolute Gasteiger partial charge is 0.464 e. The van der Waals surface area contributed by atoms with Crippen molar-refractivity contribution in [2.24, 2.45) is 0 Å². The molecule has 0 radical (unpaired) electrons. The molecule has 252 valence electrons.